The van der Waals surface area contributed by atoms with Crippen LogP contribution < -0.4 is 10.9 Å². The van der Waals surface area contributed by atoms with Crippen LogP contribution in [0.3, 0.4) is 0 Å². The highest BCUT2D eigenvalue weighted by Crippen LogP contribution is 2.32. The number of H-pyrrole nitrogens is 1. The summed E-state index contributed by atoms with van der Waals surface area (Å²) < 4.78 is 1.57. The molecular formula is C27H28Cl2N6O2. The minimum absolute atomic E-state index is 0.00443. The summed E-state index contributed by atoms with van der Waals surface area (Å²) in [6, 6.07) is 13.1. The van der Waals surface area contributed by atoms with Gasteiger partial charge in [-0.15, -0.1) is 0 Å². The number of rotatable bonds is 6. The van der Waals surface area contributed by atoms with E-state index in [2.05, 4.69) is 10.3 Å². The van der Waals surface area contributed by atoms with Gasteiger partial charge in [-0.1, -0.05) is 67.4 Å². The molecule has 8 nitrogen and oxygen atoms in total. The summed E-state index contributed by atoms with van der Waals surface area (Å²) in [7, 11) is 0. The van der Waals surface area contributed by atoms with E-state index in [1.807, 2.05) is 43.0 Å². The van der Waals surface area contributed by atoms with Crippen LogP contribution in [0.2, 0.25) is 10.0 Å². The minimum Gasteiger partial charge on any atom is -0.340 e. The molecule has 2 aromatic carbocycles. The van der Waals surface area contributed by atoms with Gasteiger partial charge < -0.3 is 15.2 Å². The van der Waals surface area contributed by atoms with E-state index in [0.717, 1.165) is 37.3 Å². The van der Waals surface area contributed by atoms with E-state index < -0.39 is 0 Å². The van der Waals surface area contributed by atoms with E-state index in [0.29, 0.717) is 51.1 Å². The highest BCUT2D eigenvalue weighted by Gasteiger charge is 2.22. The van der Waals surface area contributed by atoms with Crippen molar-refractivity contribution >= 4 is 40.1 Å². The number of piperazine rings is 1. The van der Waals surface area contributed by atoms with E-state index in [9.17, 15) is 9.59 Å². The average Bonchev–Trinajstić information content (AvgIpc) is 3.26. The summed E-state index contributed by atoms with van der Waals surface area (Å²) in [6.07, 6.45) is 0.784. The van der Waals surface area contributed by atoms with Gasteiger partial charge in [-0.25, -0.2) is 9.67 Å². The number of halogens is 2. The molecule has 1 fully saturated rings. The van der Waals surface area contributed by atoms with Crippen LogP contribution in [0.25, 0.3) is 16.7 Å². The smallest absolute Gasteiger partial charge is 0.262 e. The molecule has 0 saturated carbocycles. The fourth-order valence-corrected chi connectivity index (χ4v) is 5.16. The lowest BCUT2D eigenvalue weighted by Crippen LogP contribution is -2.46. The number of carbonyl (C=O) groups excluding carboxylic acids is 1. The van der Waals surface area contributed by atoms with Gasteiger partial charge in [0.25, 0.3) is 5.56 Å². The van der Waals surface area contributed by atoms with Crippen molar-refractivity contribution < 1.29 is 4.79 Å². The van der Waals surface area contributed by atoms with Gasteiger partial charge in [-0.2, -0.15) is 5.10 Å². The standard InChI is InChI=1S/C27H28Cl2N6O2/c1-16(2)24-23-26(35(33-24)25-19(28)4-3-5-20(25)29)31-21(32-27(23)37)14-17-6-8-18(9-7-17)15-22(36)34-12-10-30-11-13-34/h3-9,16,30H,10-15H2,1-2H3,(H,31,32,37). The summed E-state index contributed by atoms with van der Waals surface area (Å²) in [5.41, 5.74) is 3.20. The van der Waals surface area contributed by atoms with Crippen LogP contribution in [-0.4, -0.2) is 56.7 Å². The maximum absolute atomic E-state index is 13.2. The lowest BCUT2D eigenvalue weighted by Gasteiger charge is -2.27. The zero-order valence-electron chi connectivity index (χ0n) is 20.7. The Labute approximate surface area is 224 Å². The van der Waals surface area contributed by atoms with Crippen molar-refractivity contribution in [2.45, 2.75) is 32.6 Å². The molecule has 1 aliphatic rings. The molecule has 1 saturated heterocycles. The van der Waals surface area contributed by atoms with E-state index in [-0.39, 0.29) is 17.4 Å². The molecule has 0 atom stereocenters. The third kappa shape index (κ3) is 5.28. The van der Waals surface area contributed by atoms with Crippen LogP contribution >= 0.6 is 23.2 Å². The number of hydrogen-bond acceptors (Lipinski definition) is 5. The Hall–Kier alpha value is -3.20. The first kappa shape index (κ1) is 25.4. The fourth-order valence-electron chi connectivity index (χ4n) is 4.60. The van der Waals surface area contributed by atoms with Crippen molar-refractivity contribution in [1.82, 2.24) is 30.0 Å². The summed E-state index contributed by atoms with van der Waals surface area (Å²) in [6.45, 7) is 7.10. The monoisotopic (exact) mass is 538 g/mol. The topological polar surface area (TPSA) is 95.9 Å². The highest BCUT2D eigenvalue weighted by molar-refractivity contribution is 6.37. The molecule has 4 aromatic rings. The summed E-state index contributed by atoms with van der Waals surface area (Å²) >= 11 is 12.9. The molecule has 0 bridgehead atoms. The predicted molar refractivity (Wildman–Crippen MR) is 146 cm³/mol. The number of hydrogen-bond donors (Lipinski definition) is 2. The lowest BCUT2D eigenvalue weighted by molar-refractivity contribution is -0.131. The Morgan fingerprint density at radius 3 is 2.32 bits per heavy atom. The molecule has 2 N–H and O–H groups in total. The molecule has 1 amide bonds. The quantitative estimate of drug-likeness (QED) is 0.385. The third-order valence-electron chi connectivity index (χ3n) is 6.53. The van der Waals surface area contributed by atoms with Crippen molar-refractivity contribution in [3.63, 3.8) is 0 Å². The van der Waals surface area contributed by atoms with E-state index in [1.165, 1.54) is 0 Å². The van der Waals surface area contributed by atoms with Crippen molar-refractivity contribution in [2.75, 3.05) is 26.2 Å². The third-order valence-corrected chi connectivity index (χ3v) is 7.14. The van der Waals surface area contributed by atoms with E-state index in [1.54, 1.807) is 22.9 Å². The molecule has 192 valence electrons. The lowest BCUT2D eigenvalue weighted by atomic mass is 10.1. The summed E-state index contributed by atoms with van der Waals surface area (Å²) in [5.74, 6) is 0.634. The maximum Gasteiger partial charge on any atom is 0.262 e. The second kappa shape index (κ2) is 10.7. The molecule has 1 aliphatic heterocycles. The van der Waals surface area contributed by atoms with Crippen LogP contribution in [0, 0.1) is 0 Å². The predicted octanol–water partition coefficient (Wildman–Crippen LogP) is 4.10. The van der Waals surface area contributed by atoms with Gasteiger partial charge in [0.2, 0.25) is 5.91 Å². The van der Waals surface area contributed by atoms with Gasteiger partial charge in [-0.3, -0.25) is 9.59 Å². The van der Waals surface area contributed by atoms with E-state index in [4.69, 9.17) is 33.3 Å². The van der Waals surface area contributed by atoms with Crippen LogP contribution in [0.1, 0.15) is 42.4 Å². The average molecular weight is 539 g/mol. The Morgan fingerprint density at radius 2 is 1.68 bits per heavy atom. The first-order valence-electron chi connectivity index (χ1n) is 12.3. The number of nitrogens with one attached hydrogen (secondary N) is 2. The number of carbonyl (C=O) groups is 1. The summed E-state index contributed by atoms with van der Waals surface area (Å²) in [5, 5.41) is 9.22. The largest absolute Gasteiger partial charge is 0.340 e. The zero-order chi connectivity index (χ0) is 26.1. The molecule has 10 heteroatoms. The number of fused-ring (bicyclic) bond motifs is 1. The first-order chi connectivity index (χ1) is 17.8. The second-order valence-electron chi connectivity index (χ2n) is 9.53. The molecule has 0 spiro atoms. The van der Waals surface area contributed by atoms with Gasteiger partial charge in [0.1, 0.15) is 16.9 Å². The van der Waals surface area contributed by atoms with E-state index >= 15 is 0 Å². The van der Waals surface area contributed by atoms with Crippen molar-refractivity contribution in [1.29, 1.82) is 0 Å². The highest BCUT2D eigenvalue weighted by atomic mass is 35.5. The maximum atomic E-state index is 13.2. The van der Waals surface area contributed by atoms with Crippen LogP contribution in [-0.2, 0) is 17.6 Å². The number of amides is 1. The van der Waals surface area contributed by atoms with Gasteiger partial charge in [0.05, 0.1) is 22.2 Å². The Kier molecular flexibility index (Phi) is 7.33. The Morgan fingerprint density at radius 1 is 1.03 bits per heavy atom. The number of para-hydroxylation sites is 1. The molecule has 3 heterocycles. The fraction of sp³-hybridized carbons (Fsp3) is 0.333. The molecular weight excluding hydrogens is 511 g/mol. The SMILES string of the molecule is CC(C)c1nn(-c2c(Cl)cccc2Cl)c2nc(Cc3ccc(CC(=O)N4CCNCC4)cc3)[nH]c(=O)c12. The normalized spacial score (nSPS) is 14.0. The van der Waals surface area contributed by atoms with Crippen LogP contribution in [0.4, 0.5) is 0 Å². The van der Waals surface area contributed by atoms with Crippen LogP contribution in [0.5, 0.6) is 0 Å². The van der Waals surface area contributed by atoms with Gasteiger partial charge in [-0.05, 0) is 29.2 Å². The molecule has 0 aliphatic carbocycles. The van der Waals surface area contributed by atoms with Gasteiger partial charge in [0.15, 0.2) is 5.65 Å². The number of aromatic amines is 1. The molecule has 0 radical (unpaired) electrons. The van der Waals surface area contributed by atoms with Crippen LogP contribution in [0.15, 0.2) is 47.3 Å². The van der Waals surface area contributed by atoms with Gasteiger partial charge >= 0.3 is 0 Å². The molecule has 0 unspecified atom stereocenters. The van der Waals surface area contributed by atoms with Gasteiger partial charge in [0, 0.05) is 32.6 Å². The van der Waals surface area contributed by atoms with Crippen molar-refractivity contribution in [2.24, 2.45) is 0 Å². The minimum atomic E-state index is -0.253. The molecule has 2 aromatic heterocycles. The summed E-state index contributed by atoms with van der Waals surface area (Å²) in [4.78, 5) is 35.4. The zero-order valence-corrected chi connectivity index (χ0v) is 22.2. The first-order valence-corrected chi connectivity index (χ1v) is 13.1. The van der Waals surface area contributed by atoms with Crippen molar-refractivity contribution in [3.8, 4) is 5.69 Å². The molecule has 5 rings (SSSR count). The number of aromatic nitrogens is 4. The molecule has 37 heavy (non-hydrogen) atoms. The number of benzene rings is 2. The Bertz CT molecular complexity index is 1480. The Balaban J connectivity index is 1.45. The number of nitrogens with zero attached hydrogens (tertiary/aromatic N) is 4. The second-order valence-corrected chi connectivity index (χ2v) is 10.3. The van der Waals surface area contributed by atoms with Crippen molar-refractivity contribution in [3.05, 3.63) is 85.5 Å².